The topological polar surface area (TPSA) is 20.2 Å². The molecule has 0 amide bonds. The van der Waals surface area contributed by atoms with Crippen LogP contribution in [0.5, 0.6) is 0 Å². The summed E-state index contributed by atoms with van der Waals surface area (Å²) >= 11 is 0. The number of hydrogen-bond acceptors (Lipinski definition) is 1. The smallest absolute Gasteiger partial charge is 0.0795 e. The predicted octanol–water partition coefficient (Wildman–Crippen LogP) is 3.06. The van der Waals surface area contributed by atoms with E-state index in [1.807, 2.05) is 0 Å². The highest BCUT2D eigenvalue weighted by atomic mass is 16.3. The number of rotatable bonds is 0. The van der Waals surface area contributed by atoms with Gasteiger partial charge < -0.3 is 5.11 Å². The first-order chi connectivity index (χ1) is 6.70. The van der Waals surface area contributed by atoms with Gasteiger partial charge in [0.25, 0.3) is 0 Å². The molecule has 0 spiro atoms. The summed E-state index contributed by atoms with van der Waals surface area (Å²) in [7, 11) is 0. The minimum Gasteiger partial charge on any atom is -0.388 e. The zero-order valence-electron chi connectivity index (χ0n) is 9.01. The van der Waals surface area contributed by atoms with Gasteiger partial charge in [0.05, 0.1) is 6.10 Å². The van der Waals surface area contributed by atoms with Crippen molar-refractivity contribution in [2.75, 3.05) is 0 Å². The first kappa shape index (κ1) is 9.72. The lowest BCUT2D eigenvalue weighted by molar-refractivity contribution is 0.166. The average molecular weight is 190 g/mol. The lowest BCUT2D eigenvalue weighted by atomic mass is 9.92. The minimum atomic E-state index is -0.229. The summed E-state index contributed by atoms with van der Waals surface area (Å²) in [4.78, 5) is 0. The van der Waals surface area contributed by atoms with E-state index in [4.69, 9.17) is 0 Å². The van der Waals surface area contributed by atoms with Gasteiger partial charge in [-0.1, -0.05) is 18.6 Å². The fourth-order valence-corrected chi connectivity index (χ4v) is 2.47. The maximum Gasteiger partial charge on any atom is 0.0795 e. The first-order valence-corrected chi connectivity index (χ1v) is 5.47. The van der Waals surface area contributed by atoms with Crippen LogP contribution in [0.15, 0.2) is 12.1 Å². The summed E-state index contributed by atoms with van der Waals surface area (Å²) < 4.78 is 0. The van der Waals surface area contributed by atoms with Gasteiger partial charge in [0.15, 0.2) is 0 Å². The molecule has 0 heterocycles. The van der Waals surface area contributed by atoms with Gasteiger partial charge in [-0.2, -0.15) is 0 Å². The van der Waals surface area contributed by atoms with E-state index in [9.17, 15) is 5.11 Å². The van der Waals surface area contributed by atoms with Crippen molar-refractivity contribution in [1.82, 2.24) is 0 Å². The third-order valence-corrected chi connectivity index (χ3v) is 3.30. The SMILES string of the molecule is Cc1ccc(C)c2c1CCCCC2O. The summed E-state index contributed by atoms with van der Waals surface area (Å²) in [6.07, 6.45) is 4.20. The highest BCUT2D eigenvalue weighted by Crippen LogP contribution is 2.32. The molecule has 1 atom stereocenters. The molecule has 1 aromatic carbocycles. The summed E-state index contributed by atoms with van der Waals surface area (Å²) in [5.74, 6) is 0. The van der Waals surface area contributed by atoms with Crippen molar-refractivity contribution in [3.05, 3.63) is 34.4 Å². The molecular weight excluding hydrogens is 172 g/mol. The number of fused-ring (bicyclic) bond motifs is 1. The molecular formula is C13H18O. The molecule has 76 valence electrons. The van der Waals surface area contributed by atoms with E-state index in [2.05, 4.69) is 26.0 Å². The van der Waals surface area contributed by atoms with Gasteiger partial charge in [-0.15, -0.1) is 0 Å². The molecule has 0 radical (unpaired) electrons. The minimum absolute atomic E-state index is 0.229. The van der Waals surface area contributed by atoms with E-state index >= 15 is 0 Å². The van der Waals surface area contributed by atoms with Crippen LogP contribution in [0, 0.1) is 13.8 Å². The van der Waals surface area contributed by atoms with Crippen LogP contribution in [0.1, 0.15) is 47.6 Å². The molecule has 1 aliphatic carbocycles. The van der Waals surface area contributed by atoms with Crippen molar-refractivity contribution in [3.63, 3.8) is 0 Å². The zero-order chi connectivity index (χ0) is 10.1. The second-order valence-corrected chi connectivity index (χ2v) is 4.35. The molecule has 1 nitrogen and oxygen atoms in total. The van der Waals surface area contributed by atoms with E-state index in [-0.39, 0.29) is 6.10 Å². The van der Waals surface area contributed by atoms with E-state index in [1.165, 1.54) is 28.7 Å². The van der Waals surface area contributed by atoms with Gasteiger partial charge in [0.1, 0.15) is 0 Å². The quantitative estimate of drug-likeness (QED) is 0.623. The van der Waals surface area contributed by atoms with Crippen molar-refractivity contribution < 1.29 is 5.11 Å². The second kappa shape index (κ2) is 3.74. The lowest BCUT2D eigenvalue weighted by Gasteiger charge is -2.16. The maximum atomic E-state index is 10.0. The molecule has 1 aliphatic rings. The molecule has 0 saturated heterocycles. The highest BCUT2D eigenvalue weighted by Gasteiger charge is 2.19. The summed E-state index contributed by atoms with van der Waals surface area (Å²) in [5, 5.41) is 10.0. The molecule has 1 aromatic rings. The van der Waals surface area contributed by atoms with Crippen molar-refractivity contribution in [2.45, 2.75) is 45.6 Å². The van der Waals surface area contributed by atoms with Crippen LogP contribution in [-0.2, 0) is 6.42 Å². The third kappa shape index (κ3) is 1.57. The Morgan fingerprint density at radius 2 is 1.86 bits per heavy atom. The second-order valence-electron chi connectivity index (χ2n) is 4.35. The lowest BCUT2D eigenvalue weighted by Crippen LogP contribution is -2.03. The van der Waals surface area contributed by atoms with Gasteiger partial charge in [0, 0.05) is 0 Å². The average Bonchev–Trinajstić information content (AvgIpc) is 2.35. The van der Waals surface area contributed by atoms with Crippen LogP contribution >= 0.6 is 0 Å². The molecule has 0 saturated carbocycles. The van der Waals surface area contributed by atoms with E-state index in [0.717, 1.165) is 19.3 Å². The molecule has 2 rings (SSSR count). The molecule has 1 unspecified atom stereocenters. The molecule has 0 fully saturated rings. The number of benzene rings is 1. The standard InChI is InChI=1S/C13H18O/c1-9-7-8-10(2)13-11(9)5-3-4-6-12(13)14/h7-8,12,14H,3-6H2,1-2H3. The van der Waals surface area contributed by atoms with Gasteiger partial charge in [-0.3, -0.25) is 0 Å². The fraction of sp³-hybridized carbons (Fsp3) is 0.538. The van der Waals surface area contributed by atoms with Crippen molar-refractivity contribution >= 4 is 0 Å². The zero-order valence-corrected chi connectivity index (χ0v) is 9.01. The highest BCUT2D eigenvalue weighted by molar-refractivity contribution is 5.42. The molecule has 0 bridgehead atoms. The van der Waals surface area contributed by atoms with Crippen LogP contribution in [0.25, 0.3) is 0 Å². The normalized spacial score (nSPS) is 21.5. The monoisotopic (exact) mass is 190 g/mol. The Morgan fingerprint density at radius 1 is 1.14 bits per heavy atom. The number of aliphatic hydroxyl groups excluding tert-OH is 1. The van der Waals surface area contributed by atoms with Crippen LogP contribution < -0.4 is 0 Å². The fourth-order valence-electron chi connectivity index (χ4n) is 2.47. The van der Waals surface area contributed by atoms with Gasteiger partial charge in [-0.25, -0.2) is 0 Å². The van der Waals surface area contributed by atoms with E-state index in [1.54, 1.807) is 0 Å². The Balaban J connectivity index is 2.57. The molecule has 1 N–H and O–H groups in total. The number of hydrogen-bond donors (Lipinski definition) is 1. The van der Waals surface area contributed by atoms with Crippen molar-refractivity contribution in [1.29, 1.82) is 0 Å². The summed E-state index contributed by atoms with van der Waals surface area (Å²) in [5.41, 5.74) is 5.20. The van der Waals surface area contributed by atoms with Crippen LogP contribution in [0.2, 0.25) is 0 Å². The first-order valence-electron chi connectivity index (χ1n) is 5.47. The maximum absolute atomic E-state index is 10.0. The van der Waals surface area contributed by atoms with E-state index < -0.39 is 0 Å². The van der Waals surface area contributed by atoms with E-state index in [0.29, 0.717) is 0 Å². The van der Waals surface area contributed by atoms with Crippen LogP contribution in [0.3, 0.4) is 0 Å². The Kier molecular flexibility index (Phi) is 2.60. The molecule has 1 heteroatoms. The molecule has 0 aliphatic heterocycles. The predicted molar refractivity (Wildman–Crippen MR) is 58.4 cm³/mol. The Hall–Kier alpha value is -0.820. The van der Waals surface area contributed by atoms with Gasteiger partial charge in [-0.05, 0) is 55.4 Å². The number of aliphatic hydroxyl groups is 1. The van der Waals surface area contributed by atoms with Crippen molar-refractivity contribution in [3.8, 4) is 0 Å². The van der Waals surface area contributed by atoms with Crippen LogP contribution in [0.4, 0.5) is 0 Å². The molecule has 0 aromatic heterocycles. The summed E-state index contributed by atoms with van der Waals surface area (Å²) in [6.45, 7) is 4.25. The Labute approximate surface area is 85.8 Å². The van der Waals surface area contributed by atoms with Crippen LogP contribution in [-0.4, -0.2) is 5.11 Å². The third-order valence-electron chi connectivity index (χ3n) is 3.30. The largest absolute Gasteiger partial charge is 0.388 e. The van der Waals surface area contributed by atoms with Gasteiger partial charge >= 0.3 is 0 Å². The van der Waals surface area contributed by atoms with Crippen molar-refractivity contribution in [2.24, 2.45) is 0 Å². The number of aryl methyl sites for hydroxylation is 2. The Bertz CT molecular complexity index is 341. The molecule has 14 heavy (non-hydrogen) atoms. The summed E-state index contributed by atoms with van der Waals surface area (Å²) in [6, 6.07) is 4.30. The Morgan fingerprint density at radius 3 is 2.64 bits per heavy atom. The van der Waals surface area contributed by atoms with Gasteiger partial charge in [0.2, 0.25) is 0 Å².